The average molecular weight is 307 g/mol. The van der Waals surface area contributed by atoms with Gasteiger partial charge in [-0.3, -0.25) is 4.79 Å². The summed E-state index contributed by atoms with van der Waals surface area (Å²) in [6, 6.07) is 9.45. The third kappa shape index (κ3) is 3.85. The number of nitrogens with zero attached hydrogens (tertiary/aromatic N) is 2. The van der Waals surface area contributed by atoms with E-state index in [1.807, 2.05) is 24.3 Å². The normalized spacial score (nSPS) is 10.6. The number of ether oxygens (including phenoxy) is 1. The van der Waals surface area contributed by atoms with Gasteiger partial charge in [0.25, 0.3) is 5.56 Å². The van der Waals surface area contributed by atoms with Gasteiger partial charge in [-0.15, -0.1) is 11.6 Å². The molecule has 4 nitrogen and oxygen atoms in total. The first-order chi connectivity index (χ1) is 10.2. The van der Waals surface area contributed by atoms with Crippen molar-refractivity contribution in [3.63, 3.8) is 0 Å². The Morgan fingerprint density at radius 2 is 2.14 bits per heavy atom. The van der Waals surface area contributed by atoms with Crippen molar-refractivity contribution in [3.05, 3.63) is 46.2 Å². The highest BCUT2D eigenvalue weighted by atomic mass is 35.5. The van der Waals surface area contributed by atoms with Gasteiger partial charge in [0.05, 0.1) is 18.2 Å². The summed E-state index contributed by atoms with van der Waals surface area (Å²) in [5, 5.41) is 4.28. The van der Waals surface area contributed by atoms with E-state index in [1.165, 1.54) is 4.68 Å². The molecule has 112 valence electrons. The van der Waals surface area contributed by atoms with Gasteiger partial charge in [0.2, 0.25) is 0 Å². The lowest BCUT2D eigenvalue weighted by Gasteiger charge is -2.09. The van der Waals surface area contributed by atoms with Gasteiger partial charge >= 0.3 is 0 Å². The van der Waals surface area contributed by atoms with Gasteiger partial charge < -0.3 is 4.74 Å². The second-order valence-electron chi connectivity index (χ2n) is 4.85. The average Bonchev–Trinajstić information content (AvgIpc) is 2.50. The zero-order valence-electron chi connectivity index (χ0n) is 12.3. The molecule has 0 spiro atoms. The van der Waals surface area contributed by atoms with E-state index in [9.17, 15) is 4.79 Å². The summed E-state index contributed by atoms with van der Waals surface area (Å²) in [6.45, 7) is 2.83. The number of hydrogen-bond acceptors (Lipinski definition) is 3. The van der Waals surface area contributed by atoms with Crippen molar-refractivity contribution in [2.75, 3.05) is 6.61 Å². The first-order valence-electron chi connectivity index (χ1n) is 7.02. The second-order valence-corrected chi connectivity index (χ2v) is 5.11. The lowest BCUT2D eigenvalue weighted by atomic mass is 10.1. The summed E-state index contributed by atoms with van der Waals surface area (Å²) >= 11 is 5.81. The van der Waals surface area contributed by atoms with Crippen molar-refractivity contribution in [2.24, 2.45) is 7.05 Å². The molecule has 1 aromatic carbocycles. The van der Waals surface area contributed by atoms with Crippen LogP contribution in [0.4, 0.5) is 0 Å². The maximum Gasteiger partial charge on any atom is 0.270 e. The maximum atomic E-state index is 11.8. The molecule has 0 fully saturated rings. The molecule has 21 heavy (non-hydrogen) atoms. The molecule has 0 saturated heterocycles. The Balaban J connectivity index is 2.31. The molecule has 0 atom stereocenters. The molecule has 0 aliphatic carbocycles. The third-order valence-corrected chi connectivity index (χ3v) is 3.47. The van der Waals surface area contributed by atoms with Crippen LogP contribution >= 0.6 is 11.6 Å². The zero-order chi connectivity index (χ0) is 15.2. The monoisotopic (exact) mass is 306 g/mol. The smallest absolute Gasteiger partial charge is 0.270 e. The highest BCUT2D eigenvalue weighted by Crippen LogP contribution is 2.22. The van der Waals surface area contributed by atoms with E-state index in [1.54, 1.807) is 13.1 Å². The molecular weight excluding hydrogens is 288 g/mol. The molecule has 1 aromatic heterocycles. The molecule has 0 unspecified atom stereocenters. The van der Waals surface area contributed by atoms with Crippen molar-refractivity contribution in [3.8, 4) is 17.0 Å². The molecule has 2 rings (SSSR count). The molecule has 0 N–H and O–H groups in total. The SMILES string of the molecule is CCCCOc1cccc(-c2cc(CCl)c(=O)n(C)n2)c1. The van der Waals surface area contributed by atoms with Crippen LogP contribution in [0.25, 0.3) is 11.3 Å². The van der Waals surface area contributed by atoms with Crippen LogP contribution in [0.5, 0.6) is 5.75 Å². The summed E-state index contributed by atoms with van der Waals surface area (Å²) in [7, 11) is 1.63. The van der Waals surface area contributed by atoms with E-state index < -0.39 is 0 Å². The predicted molar refractivity (Wildman–Crippen MR) is 84.9 cm³/mol. The van der Waals surface area contributed by atoms with Gasteiger partial charge in [0, 0.05) is 18.2 Å². The Morgan fingerprint density at radius 3 is 2.86 bits per heavy atom. The first-order valence-corrected chi connectivity index (χ1v) is 7.55. The van der Waals surface area contributed by atoms with E-state index in [0.717, 1.165) is 24.2 Å². The van der Waals surface area contributed by atoms with Gasteiger partial charge in [-0.05, 0) is 24.6 Å². The molecule has 0 saturated carbocycles. The molecule has 2 aromatic rings. The topological polar surface area (TPSA) is 44.1 Å². The van der Waals surface area contributed by atoms with Crippen molar-refractivity contribution >= 4 is 11.6 Å². The molecular formula is C16H19ClN2O2. The number of rotatable bonds is 6. The number of unbranched alkanes of at least 4 members (excludes halogenated alkanes) is 1. The summed E-state index contributed by atoms with van der Waals surface area (Å²) in [4.78, 5) is 11.8. The standard InChI is InChI=1S/C16H19ClN2O2/c1-3-4-8-21-14-7-5-6-12(9-14)15-10-13(11-17)16(20)19(2)18-15/h5-7,9-10H,3-4,8,11H2,1-2H3. The van der Waals surface area contributed by atoms with Crippen LogP contribution in [-0.4, -0.2) is 16.4 Å². The van der Waals surface area contributed by atoms with Crippen LogP contribution in [0.1, 0.15) is 25.3 Å². The van der Waals surface area contributed by atoms with Crippen molar-refractivity contribution in [1.29, 1.82) is 0 Å². The van der Waals surface area contributed by atoms with Crippen LogP contribution in [0.15, 0.2) is 35.1 Å². The van der Waals surface area contributed by atoms with Crippen molar-refractivity contribution < 1.29 is 4.74 Å². The Kier molecular flexibility index (Phi) is 5.39. The van der Waals surface area contributed by atoms with E-state index >= 15 is 0 Å². The lowest BCUT2D eigenvalue weighted by molar-refractivity contribution is 0.309. The molecule has 5 heteroatoms. The molecule has 1 heterocycles. The van der Waals surface area contributed by atoms with Crippen molar-refractivity contribution in [1.82, 2.24) is 9.78 Å². The fraction of sp³-hybridized carbons (Fsp3) is 0.375. The van der Waals surface area contributed by atoms with Gasteiger partial charge in [0.15, 0.2) is 0 Å². The Labute approximate surface area is 129 Å². The minimum atomic E-state index is -0.163. The van der Waals surface area contributed by atoms with Crippen LogP contribution in [0.2, 0.25) is 0 Å². The lowest BCUT2D eigenvalue weighted by Crippen LogP contribution is -2.23. The van der Waals surface area contributed by atoms with Crippen molar-refractivity contribution in [2.45, 2.75) is 25.6 Å². The molecule has 0 radical (unpaired) electrons. The first kappa shape index (κ1) is 15.6. The van der Waals surface area contributed by atoms with Crippen LogP contribution in [-0.2, 0) is 12.9 Å². The number of aryl methyl sites for hydroxylation is 1. The molecule has 0 bridgehead atoms. The highest BCUT2D eigenvalue weighted by Gasteiger charge is 2.08. The largest absolute Gasteiger partial charge is 0.494 e. The summed E-state index contributed by atoms with van der Waals surface area (Å²) in [5.41, 5.74) is 2.00. The van der Waals surface area contributed by atoms with Crippen LogP contribution in [0, 0.1) is 0 Å². The summed E-state index contributed by atoms with van der Waals surface area (Å²) in [5.74, 6) is 0.985. The van der Waals surface area contributed by atoms with Gasteiger partial charge in [-0.1, -0.05) is 25.5 Å². The predicted octanol–water partition coefficient (Wildman–Crippen LogP) is 3.37. The molecule has 0 aliphatic rings. The fourth-order valence-corrected chi connectivity index (χ4v) is 2.18. The minimum Gasteiger partial charge on any atom is -0.494 e. The second kappa shape index (κ2) is 7.27. The van der Waals surface area contributed by atoms with E-state index in [-0.39, 0.29) is 11.4 Å². The number of alkyl halides is 1. The van der Waals surface area contributed by atoms with Crippen LogP contribution < -0.4 is 10.3 Å². The maximum absolute atomic E-state index is 11.8. The quantitative estimate of drug-likeness (QED) is 0.607. The Morgan fingerprint density at radius 1 is 1.33 bits per heavy atom. The molecule has 0 aliphatic heterocycles. The van der Waals surface area contributed by atoms with Crippen LogP contribution in [0.3, 0.4) is 0 Å². The van der Waals surface area contributed by atoms with Gasteiger partial charge in [0.1, 0.15) is 5.75 Å². The third-order valence-electron chi connectivity index (χ3n) is 3.18. The molecule has 0 amide bonds. The Hall–Kier alpha value is -1.81. The van der Waals surface area contributed by atoms with Gasteiger partial charge in [-0.2, -0.15) is 5.10 Å². The van der Waals surface area contributed by atoms with Gasteiger partial charge in [-0.25, -0.2) is 4.68 Å². The van der Waals surface area contributed by atoms with E-state index in [2.05, 4.69) is 12.0 Å². The summed E-state index contributed by atoms with van der Waals surface area (Å²) in [6.07, 6.45) is 2.12. The Bertz CT molecular complexity index is 668. The summed E-state index contributed by atoms with van der Waals surface area (Å²) < 4.78 is 7.01. The van der Waals surface area contributed by atoms with E-state index in [4.69, 9.17) is 16.3 Å². The number of benzene rings is 1. The fourth-order valence-electron chi connectivity index (χ4n) is 1.99. The highest BCUT2D eigenvalue weighted by molar-refractivity contribution is 6.17. The minimum absolute atomic E-state index is 0.163. The zero-order valence-corrected chi connectivity index (χ0v) is 13.1. The van der Waals surface area contributed by atoms with E-state index in [0.29, 0.717) is 17.9 Å². The number of aromatic nitrogens is 2. The number of hydrogen-bond donors (Lipinski definition) is 0. The number of halogens is 1.